The average Bonchev–Trinajstić information content (AvgIpc) is 3.14. The van der Waals surface area contributed by atoms with Crippen molar-refractivity contribution in [1.29, 1.82) is 0 Å². The lowest BCUT2D eigenvalue weighted by Crippen LogP contribution is -2.40. The van der Waals surface area contributed by atoms with E-state index in [-0.39, 0.29) is 11.8 Å². The van der Waals surface area contributed by atoms with Crippen LogP contribution in [0.4, 0.5) is 0 Å². The molecule has 3 heterocycles. The lowest BCUT2D eigenvalue weighted by Gasteiger charge is -2.34. The first kappa shape index (κ1) is 21.2. The summed E-state index contributed by atoms with van der Waals surface area (Å²) in [6.45, 7) is 5.75. The molecule has 2 aliphatic rings. The Morgan fingerprint density at radius 2 is 1.81 bits per heavy atom. The fourth-order valence-corrected chi connectivity index (χ4v) is 5.82. The van der Waals surface area contributed by atoms with E-state index in [4.69, 9.17) is 14.2 Å². The van der Waals surface area contributed by atoms with E-state index >= 15 is 0 Å². The maximum Gasteiger partial charge on any atom is 0.195 e. The van der Waals surface area contributed by atoms with Gasteiger partial charge in [0.1, 0.15) is 23.9 Å². The average molecular weight is 453 g/mol. The maximum absolute atomic E-state index is 13.7. The number of nitrogens with zero attached hydrogens (tertiary/aromatic N) is 2. The molecule has 5 rings (SSSR count). The molecule has 0 bridgehead atoms. The van der Waals surface area contributed by atoms with E-state index in [2.05, 4.69) is 16.4 Å². The van der Waals surface area contributed by atoms with Crippen LogP contribution in [-0.4, -0.2) is 67.2 Å². The molecule has 2 aliphatic heterocycles. The molecule has 1 saturated heterocycles. The van der Waals surface area contributed by atoms with Crippen LogP contribution >= 0.6 is 11.8 Å². The zero-order valence-electron chi connectivity index (χ0n) is 18.7. The van der Waals surface area contributed by atoms with Gasteiger partial charge in [-0.05, 0) is 37.3 Å². The van der Waals surface area contributed by atoms with Crippen LogP contribution in [0.2, 0.25) is 0 Å². The normalized spacial score (nSPS) is 18.4. The molecule has 0 saturated carbocycles. The minimum atomic E-state index is 0.00290. The predicted molar refractivity (Wildman–Crippen MR) is 128 cm³/mol. The van der Waals surface area contributed by atoms with Gasteiger partial charge in [-0.15, -0.1) is 0 Å². The molecule has 3 aromatic rings. The Kier molecular flexibility index (Phi) is 5.78. The molecule has 6 nitrogen and oxygen atoms in total. The van der Waals surface area contributed by atoms with Crippen molar-refractivity contribution in [2.75, 3.05) is 52.0 Å². The van der Waals surface area contributed by atoms with Crippen molar-refractivity contribution >= 4 is 28.4 Å². The van der Waals surface area contributed by atoms with E-state index in [9.17, 15) is 4.79 Å². The molecular weight excluding hydrogens is 424 g/mol. The van der Waals surface area contributed by atoms with Gasteiger partial charge in [0.2, 0.25) is 0 Å². The number of ether oxygens (including phenoxy) is 3. The SMILES string of the molecule is COc1ccc(C(=O)c2c(C)n3c4c(cc(OC)cc24)OCC3CN2CCSCC2)cc1. The first-order chi connectivity index (χ1) is 15.6. The molecule has 0 N–H and O–H groups in total. The number of methoxy groups -OCH3 is 2. The van der Waals surface area contributed by atoms with Gasteiger partial charge in [0, 0.05) is 53.8 Å². The molecule has 32 heavy (non-hydrogen) atoms. The molecule has 0 amide bonds. The molecule has 1 aromatic heterocycles. The Morgan fingerprint density at radius 3 is 2.50 bits per heavy atom. The van der Waals surface area contributed by atoms with Crippen LogP contribution in [0.1, 0.15) is 27.7 Å². The maximum atomic E-state index is 13.7. The van der Waals surface area contributed by atoms with E-state index in [1.165, 1.54) is 11.5 Å². The summed E-state index contributed by atoms with van der Waals surface area (Å²) >= 11 is 2.01. The Hall–Kier alpha value is -2.64. The number of thioether (sulfide) groups is 1. The monoisotopic (exact) mass is 452 g/mol. The summed E-state index contributed by atoms with van der Waals surface area (Å²) in [5, 5.41) is 0.886. The van der Waals surface area contributed by atoms with Gasteiger partial charge in [0.15, 0.2) is 5.78 Å². The fourth-order valence-electron chi connectivity index (χ4n) is 4.84. The Morgan fingerprint density at radius 1 is 1.09 bits per heavy atom. The van der Waals surface area contributed by atoms with Gasteiger partial charge in [0.25, 0.3) is 0 Å². The topological polar surface area (TPSA) is 52.9 Å². The van der Waals surface area contributed by atoms with Crippen LogP contribution in [0.5, 0.6) is 17.2 Å². The van der Waals surface area contributed by atoms with Crippen molar-refractivity contribution in [3.05, 3.63) is 53.2 Å². The van der Waals surface area contributed by atoms with Gasteiger partial charge in [-0.1, -0.05) is 0 Å². The summed E-state index contributed by atoms with van der Waals surface area (Å²) in [6.07, 6.45) is 0. The van der Waals surface area contributed by atoms with E-state index in [1.807, 2.05) is 48.2 Å². The van der Waals surface area contributed by atoms with Crippen molar-refractivity contribution in [2.45, 2.75) is 13.0 Å². The Balaban J connectivity index is 1.62. The molecule has 0 spiro atoms. The molecule has 1 fully saturated rings. The second-order valence-corrected chi connectivity index (χ2v) is 9.51. The standard InChI is InChI=1S/C25H28N2O4S/c1-16-23(25(28)17-4-6-19(29-2)7-5-17)21-12-20(30-3)13-22-24(21)27(16)18(15-31-22)14-26-8-10-32-11-9-26/h4-7,12-13,18H,8-11,14-15H2,1-3H3. The Labute approximate surface area is 192 Å². The minimum absolute atomic E-state index is 0.00290. The first-order valence-corrected chi connectivity index (χ1v) is 12.1. The van der Waals surface area contributed by atoms with Crippen molar-refractivity contribution in [3.8, 4) is 17.2 Å². The van der Waals surface area contributed by atoms with Gasteiger partial charge in [-0.3, -0.25) is 9.69 Å². The number of ketones is 1. The molecule has 1 unspecified atom stereocenters. The van der Waals surface area contributed by atoms with Gasteiger partial charge in [-0.2, -0.15) is 11.8 Å². The van der Waals surface area contributed by atoms with Crippen molar-refractivity contribution < 1.29 is 19.0 Å². The zero-order valence-corrected chi connectivity index (χ0v) is 19.5. The number of aromatic nitrogens is 1. The zero-order chi connectivity index (χ0) is 22.2. The number of rotatable bonds is 6. The number of carbonyl (C=O) groups is 1. The van der Waals surface area contributed by atoms with Crippen molar-refractivity contribution in [2.24, 2.45) is 0 Å². The van der Waals surface area contributed by atoms with E-state index in [0.29, 0.717) is 17.9 Å². The van der Waals surface area contributed by atoms with Crippen LogP contribution in [-0.2, 0) is 0 Å². The second-order valence-electron chi connectivity index (χ2n) is 8.29. The molecular formula is C25H28N2O4S. The van der Waals surface area contributed by atoms with Crippen LogP contribution in [0.25, 0.3) is 10.9 Å². The third-order valence-corrected chi connectivity index (χ3v) is 7.41. The first-order valence-electron chi connectivity index (χ1n) is 10.9. The summed E-state index contributed by atoms with van der Waals surface area (Å²) in [5.41, 5.74) is 3.33. The van der Waals surface area contributed by atoms with Crippen molar-refractivity contribution in [1.82, 2.24) is 9.47 Å². The number of hydrogen-bond donors (Lipinski definition) is 0. The number of benzene rings is 2. The third kappa shape index (κ3) is 3.63. The van der Waals surface area contributed by atoms with E-state index in [1.54, 1.807) is 14.2 Å². The number of carbonyl (C=O) groups excluding carboxylic acids is 1. The highest BCUT2D eigenvalue weighted by Crippen LogP contribution is 2.42. The highest BCUT2D eigenvalue weighted by Gasteiger charge is 2.32. The van der Waals surface area contributed by atoms with Gasteiger partial charge in [-0.25, -0.2) is 0 Å². The highest BCUT2D eigenvalue weighted by atomic mass is 32.2. The van der Waals surface area contributed by atoms with Crippen LogP contribution in [0.3, 0.4) is 0 Å². The van der Waals surface area contributed by atoms with Gasteiger partial charge in [0.05, 0.1) is 31.3 Å². The molecule has 1 atom stereocenters. The second kappa shape index (κ2) is 8.71. The smallest absolute Gasteiger partial charge is 0.195 e. The number of hydrogen-bond acceptors (Lipinski definition) is 6. The molecule has 168 valence electrons. The Bertz CT molecular complexity index is 1150. The highest BCUT2D eigenvalue weighted by molar-refractivity contribution is 7.99. The summed E-state index contributed by atoms with van der Waals surface area (Å²) in [5.74, 6) is 4.55. The van der Waals surface area contributed by atoms with Gasteiger partial charge < -0.3 is 18.8 Å². The van der Waals surface area contributed by atoms with Crippen molar-refractivity contribution in [3.63, 3.8) is 0 Å². The lowest BCUT2D eigenvalue weighted by molar-refractivity contribution is 0.103. The quantitative estimate of drug-likeness (QED) is 0.523. The third-order valence-electron chi connectivity index (χ3n) is 6.47. The van der Waals surface area contributed by atoms with Crippen LogP contribution < -0.4 is 14.2 Å². The minimum Gasteiger partial charge on any atom is -0.497 e. The largest absolute Gasteiger partial charge is 0.497 e. The molecule has 0 radical (unpaired) electrons. The summed E-state index contributed by atoms with van der Waals surface area (Å²) in [6, 6.07) is 11.3. The molecule has 7 heteroatoms. The lowest BCUT2D eigenvalue weighted by atomic mass is 10.00. The van der Waals surface area contributed by atoms with E-state index in [0.717, 1.165) is 53.3 Å². The summed E-state index contributed by atoms with van der Waals surface area (Å²) in [4.78, 5) is 16.2. The summed E-state index contributed by atoms with van der Waals surface area (Å²) in [7, 11) is 3.27. The molecule has 2 aromatic carbocycles. The van der Waals surface area contributed by atoms with E-state index < -0.39 is 0 Å². The van der Waals surface area contributed by atoms with Crippen LogP contribution in [0, 0.1) is 6.92 Å². The van der Waals surface area contributed by atoms with Crippen LogP contribution in [0.15, 0.2) is 36.4 Å². The fraction of sp³-hybridized carbons (Fsp3) is 0.400. The summed E-state index contributed by atoms with van der Waals surface area (Å²) < 4.78 is 19.3. The molecule has 0 aliphatic carbocycles. The predicted octanol–water partition coefficient (Wildman–Crippen LogP) is 4.18. The van der Waals surface area contributed by atoms with Gasteiger partial charge >= 0.3 is 0 Å².